The number of ether oxygens (including phenoxy) is 1. The Morgan fingerprint density at radius 2 is 2.30 bits per heavy atom. The van der Waals surface area contributed by atoms with Crippen molar-refractivity contribution in [2.75, 3.05) is 13.7 Å². The third-order valence-corrected chi connectivity index (χ3v) is 5.61. The third kappa shape index (κ3) is 2.98. The van der Waals surface area contributed by atoms with Gasteiger partial charge in [0.1, 0.15) is 5.75 Å². The molecule has 2 heterocycles. The molecule has 1 aromatic heterocycles. The molecule has 2 aromatic rings. The van der Waals surface area contributed by atoms with Crippen LogP contribution in [0.3, 0.4) is 0 Å². The van der Waals surface area contributed by atoms with E-state index in [1.807, 2.05) is 19.2 Å². The Morgan fingerprint density at radius 1 is 1.45 bits per heavy atom. The van der Waals surface area contributed by atoms with Crippen LogP contribution in [0.2, 0.25) is 5.02 Å². The molecular weight excluding hydrogens is 405 g/mol. The highest BCUT2D eigenvalue weighted by Gasteiger charge is 2.21. The van der Waals surface area contributed by atoms with E-state index in [4.69, 9.17) is 16.3 Å². The summed E-state index contributed by atoms with van der Waals surface area (Å²) in [6, 6.07) is 6.59. The number of rotatable bonds is 4. The van der Waals surface area contributed by atoms with E-state index in [1.54, 1.807) is 11.3 Å². The molecule has 1 aromatic carbocycles. The number of nitrogens with one attached hydrogen (secondary N) is 1. The molecule has 0 bridgehead atoms. The van der Waals surface area contributed by atoms with Crippen LogP contribution < -0.4 is 10.1 Å². The third-order valence-electron chi connectivity index (χ3n) is 3.59. The summed E-state index contributed by atoms with van der Waals surface area (Å²) in [4.78, 5) is 0. The predicted molar refractivity (Wildman–Crippen MR) is 93.2 cm³/mol. The van der Waals surface area contributed by atoms with Crippen LogP contribution in [-0.2, 0) is 12.8 Å². The summed E-state index contributed by atoms with van der Waals surface area (Å²) < 4.78 is 7.10. The molecule has 5 heteroatoms. The zero-order valence-electron chi connectivity index (χ0n) is 11.1. The average molecular weight is 420 g/mol. The quantitative estimate of drug-likeness (QED) is 0.740. The Bertz CT molecular complexity index is 628. The first kappa shape index (κ1) is 14.6. The van der Waals surface area contributed by atoms with E-state index < -0.39 is 0 Å². The van der Waals surface area contributed by atoms with Gasteiger partial charge >= 0.3 is 0 Å². The number of likely N-dealkylation sites (N-methyl/N-ethyl adjacent to an activating group) is 1. The fourth-order valence-corrected chi connectivity index (χ4v) is 4.30. The van der Waals surface area contributed by atoms with Crippen LogP contribution in [-0.4, -0.2) is 13.7 Å². The van der Waals surface area contributed by atoms with E-state index in [-0.39, 0.29) is 0 Å². The van der Waals surface area contributed by atoms with Crippen LogP contribution in [0.15, 0.2) is 23.6 Å². The van der Waals surface area contributed by atoms with E-state index in [1.165, 1.54) is 19.6 Å². The minimum absolute atomic E-state index is 0.293. The Hall–Kier alpha value is -0.300. The van der Waals surface area contributed by atoms with Crippen LogP contribution in [0.5, 0.6) is 5.75 Å². The topological polar surface area (TPSA) is 21.3 Å². The second kappa shape index (κ2) is 6.22. The van der Waals surface area contributed by atoms with Crippen LogP contribution >= 0.6 is 45.5 Å². The second-order valence-electron chi connectivity index (χ2n) is 4.88. The van der Waals surface area contributed by atoms with Gasteiger partial charge in [-0.15, -0.1) is 11.3 Å². The maximum atomic E-state index is 6.23. The molecule has 0 amide bonds. The number of hydrogen-bond acceptors (Lipinski definition) is 3. The van der Waals surface area contributed by atoms with Crippen molar-refractivity contribution in [2.24, 2.45) is 0 Å². The summed E-state index contributed by atoms with van der Waals surface area (Å²) in [5.74, 6) is 1.04. The molecule has 0 fully saturated rings. The van der Waals surface area contributed by atoms with Crippen molar-refractivity contribution in [3.05, 3.63) is 48.2 Å². The SMILES string of the molecule is CNC(Cc1cc(Cl)cc2c1OCC2)c1csc(I)c1. The molecule has 1 unspecified atom stereocenters. The summed E-state index contributed by atoms with van der Waals surface area (Å²) in [7, 11) is 2.00. The summed E-state index contributed by atoms with van der Waals surface area (Å²) >= 11 is 10.4. The lowest BCUT2D eigenvalue weighted by Gasteiger charge is -2.17. The first-order chi connectivity index (χ1) is 9.67. The van der Waals surface area contributed by atoms with Crippen molar-refractivity contribution < 1.29 is 4.74 Å². The molecule has 1 N–H and O–H groups in total. The lowest BCUT2D eigenvalue weighted by Crippen LogP contribution is -2.18. The summed E-state index contributed by atoms with van der Waals surface area (Å²) in [5.41, 5.74) is 3.77. The van der Waals surface area contributed by atoms with Gasteiger partial charge < -0.3 is 10.1 Å². The molecule has 3 rings (SSSR count). The van der Waals surface area contributed by atoms with E-state index in [0.29, 0.717) is 6.04 Å². The van der Waals surface area contributed by atoms with Gasteiger partial charge in [-0.05, 0) is 76.3 Å². The Balaban J connectivity index is 1.90. The van der Waals surface area contributed by atoms with Crippen molar-refractivity contribution in [2.45, 2.75) is 18.9 Å². The second-order valence-corrected chi connectivity index (χ2v) is 8.12. The van der Waals surface area contributed by atoms with Gasteiger partial charge in [0.15, 0.2) is 0 Å². The van der Waals surface area contributed by atoms with Crippen molar-refractivity contribution >= 4 is 45.5 Å². The van der Waals surface area contributed by atoms with Crippen LogP contribution in [0, 0.1) is 2.88 Å². The number of benzene rings is 1. The maximum absolute atomic E-state index is 6.23. The van der Waals surface area contributed by atoms with Gasteiger partial charge in [0, 0.05) is 17.5 Å². The van der Waals surface area contributed by atoms with E-state index in [2.05, 4.69) is 39.4 Å². The molecule has 0 aliphatic carbocycles. The van der Waals surface area contributed by atoms with Gasteiger partial charge in [-0.1, -0.05) is 11.6 Å². The zero-order valence-corrected chi connectivity index (χ0v) is 14.8. The fraction of sp³-hybridized carbons (Fsp3) is 0.333. The predicted octanol–water partition coefficient (Wildman–Crippen LogP) is 4.44. The molecule has 1 aliphatic rings. The van der Waals surface area contributed by atoms with Crippen molar-refractivity contribution in [1.29, 1.82) is 0 Å². The van der Waals surface area contributed by atoms with Gasteiger partial charge in [-0.2, -0.15) is 0 Å². The van der Waals surface area contributed by atoms with Gasteiger partial charge in [0.2, 0.25) is 0 Å². The normalized spacial score (nSPS) is 14.9. The minimum Gasteiger partial charge on any atom is -0.493 e. The molecule has 106 valence electrons. The number of fused-ring (bicyclic) bond motifs is 1. The molecule has 2 nitrogen and oxygen atoms in total. The number of hydrogen-bond donors (Lipinski definition) is 1. The van der Waals surface area contributed by atoms with Crippen LogP contribution in [0.1, 0.15) is 22.7 Å². The van der Waals surface area contributed by atoms with Gasteiger partial charge in [-0.25, -0.2) is 0 Å². The summed E-state index contributed by atoms with van der Waals surface area (Å²) in [6.07, 6.45) is 1.86. The van der Waals surface area contributed by atoms with E-state index >= 15 is 0 Å². The smallest absolute Gasteiger partial charge is 0.125 e. The Labute approximate surface area is 141 Å². The van der Waals surface area contributed by atoms with Gasteiger partial charge in [0.05, 0.1) is 9.49 Å². The highest BCUT2D eigenvalue weighted by atomic mass is 127. The molecule has 0 saturated carbocycles. The van der Waals surface area contributed by atoms with Crippen LogP contribution in [0.4, 0.5) is 0 Å². The first-order valence-electron chi connectivity index (χ1n) is 6.52. The van der Waals surface area contributed by atoms with E-state index in [9.17, 15) is 0 Å². The fourth-order valence-electron chi connectivity index (χ4n) is 2.61. The lowest BCUT2D eigenvalue weighted by atomic mass is 9.98. The van der Waals surface area contributed by atoms with Crippen molar-refractivity contribution in [3.8, 4) is 5.75 Å². The highest BCUT2D eigenvalue weighted by Crippen LogP contribution is 2.35. The molecule has 1 aliphatic heterocycles. The first-order valence-corrected chi connectivity index (χ1v) is 8.86. The molecule has 0 spiro atoms. The zero-order chi connectivity index (χ0) is 14.1. The average Bonchev–Trinajstić information content (AvgIpc) is 3.04. The van der Waals surface area contributed by atoms with Gasteiger partial charge in [-0.3, -0.25) is 0 Å². The highest BCUT2D eigenvalue weighted by molar-refractivity contribution is 14.1. The van der Waals surface area contributed by atoms with E-state index in [0.717, 1.165) is 30.2 Å². The summed E-state index contributed by atoms with van der Waals surface area (Å²) in [5, 5.41) is 6.42. The van der Waals surface area contributed by atoms with Crippen molar-refractivity contribution in [1.82, 2.24) is 5.32 Å². The van der Waals surface area contributed by atoms with Crippen LogP contribution in [0.25, 0.3) is 0 Å². The maximum Gasteiger partial charge on any atom is 0.125 e. The summed E-state index contributed by atoms with van der Waals surface area (Å²) in [6.45, 7) is 0.767. The standard InChI is InChI=1S/C15H15ClINOS/c1-18-13(11-7-14(17)20-8-11)6-10-5-12(16)4-9-2-3-19-15(9)10/h4-5,7-8,13,18H,2-3,6H2,1H3. The monoisotopic (exact) mass is 419 g/mol. The van der Waals surface area contributed by atoms with Gasteiger partial charge in [0.25, 0.3) is 0 Å². The molecule has 0 radical (unpaired) electrons. The molecule has 20 heavy (non-hydrogen) atoms. The minimum atomic E-state index is 0.293. The molecule has 1 atom stereocenters. The Morgan fingerprint density at radius 3 is 3.00 bits per heavy atom. The number of thiophene rings is 1. The molecular formula is C15H15ClINOS. The number of halogens is 2. The lowest BCUT2D eigenvalue weighted by molar-refractivity contribution is 0.352. The van der Waals surface area contributed by atoms with Crippen molar-refractivity contribution in [3.63, 3.8) is 0 Å². The molecule has 0 saturated heterocycles. The Kier molecular flexibility index (Phi) is 4.55. The largest absolute Gasteiger partial charge is 0.493 e.